The number of hydrogen-bond donors (Lipinski definition) is 0. The number of rotatable bonds is 15. The van der Waals surface area contributed by atoms with Crippen molar-refractivity contribution in [1.82, 2.24) is 14.2 Å². The Morgan fingerprint density at radius 2 is 0.641 bits per heavy atom. The van der Waals surface area contributed by atoms with Crippen molar-refractivity contribution in [3.05, 3.63) is 122 Å². The summed E-state index contributed by atoms with van der Waals surface area (Å²) in [5, 5.41) is 0. The van der Waals surface area contributed by atoms with Crippen molar-refractivity contribution >= 4 is 0 Å². The van der Waals surface area contributed by atoms with Gasteiger partial charge in [-0.3, -0.25) is 0 Å². The second-order valence-corrected chi connectivity index (χ2v) is 7.72. The van der Waals surface area contributed by atoms with E-state index in [0.29, 0.717) is 31.4 Å². The lowest BCUT2D eigenvalue weighted by Gasteiger charge is -2.15. The van der Waals surface area contributed by atoms with Crippen LogP contribution in [0, 0.1) is 0 Å². The highest BCUT2D eigenvalue weighted by molar-refractivity contribution is 5.22. The van der Waals surface area contributed by atoms with Gasteiger partial charge in [0.15, 0.2) is 0 Å². The molecular formula is C27H27N3O9. The van der Waals surface area contributed by atoms with Gasteiger partial charge in [-0.15, -0.1) is 0 Å². The second kappa shape index (κ2) is 14.0. The zero-order valence-electron chi connectivity index (χ0n) is 20.9. The Bertz CT molecular complexity index is 1260. The average molecular weight is 538 g/mol. The number of nitrogens with zero attached hydrogens (tertiary/aromatic N) is 3. The molecule has 0 aliphatic carbocycles. The highest BCUT2D eigenvalue weighted by Gasteiger charge is 2.19. The first kappa shape index (κ1) is 26.9. The molecule has 0 unspecified atom stereocenters. The third kappa shape index (κ3) is 7.68. The minimum absolute atomic E-state index is 0.0204. The third-order valence-corrected chi connectivity index (χ3v) is 4.99. The number of para-hydroxylation sites is 3. The molecule has 0 radical (unpaired) electrons. The fraction of sp³-hybridized carbons (Fsp3) is 0.222. The molecule has 12 nitrogen and oxygen atoms in total. The molecule has 3 aromatic carbocycles. The van der Waals surface area contributed by atoms with Crippen molar-refractivity contribution in [1.29, 1.82) is 0 Å². The molecule has 0 atom stereocenters. The maximum atomic E-state index is 12.9. The van der Waals surface area contributed by atoms with Crippen LogP contribution in [0.4, 0.5) is 0 Å². The Morgan fingerprint density at radius 1 is 0.385 bits per heavy atom. The standard InChI is InChI=1S/C27H27N3O9/c31-25-28(37-19-16-34-22-10-4-1-5-11-22)26(32)30(39-21-18-36-24-14-8-3-9-15-24)27(33)29(25)38-20-17-35-23-12-6-2-7-13-23/h1-15H,16-21H2. The zero-order valence-corrected chi connectivity index (χ0v) is 20.9. The summed E-state index contributed by atoms with van der Waals surface area (Å²) in [5.41, 5.74) is -3.44. The molecule has 1 aromatic heterocycles. The van der Waals surface area contributed by atoms with Gasteiger partial charge in [-0.1, -0.05) is 68.8 Å². The lowest BCUT2D eigenvalue weighted by atomic mass is 10.3. The van der Waals surface area contributed by atoms with E-state index in [1.807, 2.05) is 18.2 Å². The van der Waals surface area contributed by atoms with Crippen LogP contribution in [0.5, 0.6) is 17.2 Å². The van der Waals surface area contributed by atoms with Crippen LogP contribution in [-0.2, 0) is 0 Å². The normalized spacial score (nSPS) is 10.5. The van der Waals surface area contributed by atoms with Crippen molar-refractivity contribution in [2.45, 2.75) is 0 Å². The fourth-order valence-corrected chi connectivity index (χ4v) is 3.24. The zero-order chi connectivity index (χ0) is 27.3. The first-order valence-electron chi connectivity index (χ1n) is 12.1. The molecule has 0 saturated carbocycles. The van der Waals surface area contributed by atoms with E-state index >= 15 is 0 Å². The summed E-state index contributed by atoms with van der Waals surface area (Å²) in [4.78, 5) is 54.7. The highest BCUT2D eigenvalue weighted by atomic mass is 16.7. The molecule has 0 N–H and O–H groups in total. The quantitative estimate of drug-likeness (QED) is 0.202. The minimum Gasteiger partial charge on any atom is -0.490 e. The first-order chi connectivity index (χ1) is 19.1. The van der Waals surface area contributed by atoms with Gasteiger partial charge in [0.25, 0.3) is 0 Å². The Hall–Kier alpha value is -5.13. The van der Waals surface area contributed by atoms with Gasteiger partial charge in [0.1, 0.15) is 56.9 Å². The Balaban J connectivity index is 1.45. The molecule has 0 aliphatic rings. The molecule has 4 rings (SSSR count). The number of aromatic nitrogens is 3. The fourth-order valence-electron chi connectivity index (χ4n) is 3.24. The summed E-state index contributed by atoms with van der Waals surface area (Å²) >= 11 is 0. The van der Waals surface area contributed by atoms with Crippen molar-refractivity contribution in [2.24, 2.45) is 0 Å². The Labute approximate surface area is 222 Å². The van der Waals surface area contributed by atoms with Crippen LogP contribution in [0.2, 0.25) is 0 Å². The SMILES string of the molecule is O=c1n(OCCOc2ccccc2)c(=O)n(OCCOc2ccccc2)c(=O)n1OCCOc1ccccc1. The topological polar surface area (TPSA) is 121 Å². The molecule has 0 bridgehead atoms. The first-order valence-corrected chi connectivity index (χ1v) is 12.1. The van der Waals surface area contributed by atoms with Crippen LogP contribution in [0.25, 0.3) is 0 Å². The second-order valence-electron chi connectivity index (χ2n) is 7.72. The van der Waals surface area contributed by atoms with E-state index in [-0.39, 0.29) is 39.6 Å². The van der Waals surface area contributed by atoms with E-state index in [0.717, 1.165) is 0 Å². The summed E-state index contributed by atoms with van der Waals surface area (Å²) in [7, 11) is 0. The van der Waals surface area contributed by atoms with Crippen LogP contribution >= 0.6 is 0 Å². The van der Waals surface area contributed by atoms with E-state index in [1.54, 1.807) is 72.8 Å². The van der Waals surface area contributed by atoms with E-state index in [4.69, 9.17) is 28.7 Å². The molecule has 39 heavy (non-hydrogen) atoms. The number of benzene rings is 3. The van der Waals surface area contributed by atoms with E-state index in [9.17, 15) is 14.4 Å². The van der Waals surface area contributed by atoms with Gasteiger partial charge in [-0.25, -0.2) is 14.4 Å². The summed E-state index contributed by atoms with van der Waals surface area (Å²) in [6.45, 7) is -0.491. The van der Waals surface area contributed by atoms with Gasteiger partial charge >= 0.3 is 17.1 Å². The average Bonchev–Trinajstić information content (AvgIpc) is 2.97. The van der Waals surface area contributed by atoms with Crippen molar-refractivity contribution in [3.8, 4) is 17.2 Å². The van der Waals surface area contributed by atoms with Crippen molar-refractivity contribution < 1.29 is 28.7 Å². The smallest absolute Gasteiger partial charge is 0.403 e. The molecule has 1 heterocycles. The summed E-state index contributed by atoms with van der Waals surface area (Å²) < 4.78 is 17.7. The molecule has 0 amide bonds. The van der Waals surface area contributed by atoms with Crippen LogP contribution in [0.15, 0.2) is 105 Å². The molecule has 12 heteroatoms. The van der Waals surface area contributed by atoms with Gasteiger partial charge in [-0.2, -0.15) is 0 Å². The predicted octanol–water partition coefficient (Wildman–Crippen LogP) is 0.695. The molecular weight excluding hydrogens is 510 g/mol. The highest BCUT2D eigenvalue weighted by Crippen LogP contribution is 2.08. The minimum atomic E-state index is -1.15. The van der Waals surface area contributed by atoms with E-state index < -0.39 is 17.1 Å². The molecule has 0 fully saturated rings. The van der Waals surface area contributed by atoms with Crippen molar-refractivity contribution in [2.75, 3.05) is 39.6 Å². The lowest BCUT2D eigenvalue weighted by Crippen LogP contribution is -2.60. The predicted molar refractivity (Wildman–Crippen MR) is 139 cm³/mol. The van der Waals surface area contributed by atoms with Crippen LogP contribution in [0.1, 0.15) is 0 Å². The molecule has 4 aromatic rings. The number of hydrogen-bond acceptors (Lipinski definition) is 9. The maximum absolute atomic E-state index is 12.9. The maximum Gasteiger partial charge on any atom is 0.403 e. The van der Waals surface area contributed by atoms with Gasteiger partial charge < -0.3 is 28.7 Å². The van der Waals surface area contributed by atoms with Gasteiger partial charge in [0.2, 0.25) is 0 Å². The van der Waals surface area contributed by atoms with Crippen molar-refractivity contribution in [3.63, 3.8) is 0 Å². The Morgan fingerprint density at radius 3 is 0.897 bits per heavy atom. The molecule has 0 spiro atoms. The lowest BCUT2D eigenvalue weighted by molar-refractivity contribution is -0.0228. The molecule has 0 aliphatic heterocycles. The monoisotopic (exact) mass is 537 g/mol. The summed E-state index contributed by atoms with van der Waals surface area (Å²) in [6.07, 6.45) is 0. The van der Waals surface area contributed by atoms with Crippen LogP contribution < -0.4 is 45.8 Å². The van der Waals surface area contributed by atoms with Gasteiger partial charge in [0, 0.05) is 0 Å². The summed E-state index contributed by atoms with van der Waals surface area (Å²) in [6, 6.07) is 26.8. The van der Waals surface area contributed by atoms with E-state index in [1.165, 1.54) is 0 Å². The summed E-state index contributed by atoms with van der Waals surface area (Å²) in [5.74, 6) is 1.75. The number of ether oxygens (including phenoxy) is 3. The van der Waals surface area contributed by atoms with Gasteiger partial charge in [0.05, 0.1) is 0 Å². The van der Waals surface area contributed by atoms with E-state index in [2.05, 4.69) is 0 Å². The Kier molecular flexibility index (Phi) is 9.65. The van der Waals surface area contributed by atoms with Crippen LogP contribution in [0.3, 0.4) is 0 Å². The molecule has 204 valence electrons. The molecule has 0 saturated heterocycles. The van der Waals surface area contributed by atoms with Gasteiger partial charge in [-0.05, 0) is 36.4 Å². The van der Waals surface area contributed by atoms with Crippen LogP contribution in [-0.4, -0.2) is 53.8 Å². The largest absolute Gasteiger partial charge is 0.490 e. The third-order valence-electron chi connectivity index (χ3n) is 4.99.